The van der Waals surface area contributed by atoms with E-state index in [1.54, 1.807) is 54.8 Å². The van der Waals surface area contributed by atoms with Crippen LogP contribution in [-0.4, -0.2) is 54.7 Å². The number of halogens is 1. The fraction of sp³-hybridized carbons (Fsp3) is 0.167. The normalized spacial score (nSPS) is 11.4. The van der Waals surface area contributed by atoms with Crippen molar-refractivity contribution in [3.05, 3.63) is 70.2 Å². The van der Waals surface area contributed by atoms with Crippen LogP contribution in [0.2, 0.25) is 0 Å². The van der Waals surface area contributed by atoms with Gasteiger partial charge in [-0.25, -0.2) is 9.97 Å². The number of pyridine rings is 1. The average molecular weight is 612 g/mol. The second-order valence-corrected chi connectivity index (χ2v) is 12.2. The highest BCUT2D eigenvalue weighted by Crippen LogP contribution is 2.45. The minimum atomic E-state index is -2.95. The van der Waals surface area contributed by atoms with Crippen molar-refractivity contribution in [2.45, 2.75) is 0 Å². The summed E-state index contributed by atoms with van der Waals surface area (Å²) in [6.45, 7) is 3.04. The Morgan fingerprint density at radius 2 is 1.82 bits per heavy atom. The van der Waals surface area contributed by atoms with Gasteiger partial charge in [0, 0.05) is 57.4 Å². The van der Waals surface area contributed by atoms with Gasteiger partial charge in [0.15, 0.2) is 5.75 Å². The molecule has 5 rings (SSSR count). The van der Waals surface area contributed by atoms with Gasteiger partial charge in [0.1, 0.15) is 22.8 Å². The number of nitrogens with one attached hydrogen (secondary N) is 2. The Kier molecular flexibility index (Phi) is 7.06. The van der Waals surface area contributed by atoms with Gasteiger partial charge in [-0.3, -0.25) is 23.6 Å². The molecule has 0 fully saturated rings. The molecule has 15 heteroatoms. The van der Waals surface area contributed by atoms with Gasteiger partial charge in [0.25, 0.3) is 5.56 Å². The molecule has 0 aliphatic heterocycles. The molecule has 0 aliphatic carbocycles. The summed E-state index contributed by atoms with van der Waals surface area (Å²) < 4.78 is 27.4. The standard InChI is InChI=1S/C24H23BrN9O4P/c1-33-12-14(10-29-33)34-13-18(19(37-2)9-20(34)35)31-24-28-11-15(25)23(32-24)30-17-6-5-16-21(27-8-7-26-16)22(17)38-39(3,4)36/h5-13H,1-4H3,(H2,28,30,31,32). The highest BCUT2D eigenvalue weighted by Gasteiger charge is 2.19. The van der Waals surface area contributed by atoms with Gasteiger partial charge in [-0.1, -0.05) is 0 Å². The van der Waals surface area contributed by atoms with Gasteiger partial charge in [0.05, 0.1) is 34.7 Å². The lowest BCUT2D eigenvalue weighted by atomic mass is 10.2. The number of fused-ring (bicyclic) bond motifs is 1. The number of benzene rings is 1. The predicted molar refractivity (Wildman–Crippen MR) is 151 cm³/mol. The molecule has 4 aromatic heterocycles. The molecule has 2 N–H and O–H groups in total. The van der Waals surface area contributed by atoms with Crippen LogP contribution in [0.1, 0.15) is 0 Å². The fourth-order valence-electron chi connectivity index (χ4n) is 3.70. The predicted octanol–water partition coefficient (Wildman–Crippen LogP) is 4.48. The lowest BCUT2D eigenvalue weighted by Crippen LogP contribution is -2.18. The zero-order chi connectivity index (χ0) is 27.7. The summed E-state index contributed by atoms with van der Waals surface area (Å²) in [7, 11) is 0.285. The third kappa shape index (κ3) is 5.76. The molecular weight excluding hydrogens is 589 g/mol. The Bertz CT molecular complexity index is 1800. The summed E-state index contributed by atoms with van der Waals surface area (Å²) in [4.78, 5) is 30.3. The van der Waals surface area contributed by atoms with Crippen molar-refractivity contribution in [3.63, 3.8) is 0 Å². The highest BCUT2D eigenvalue weighted by atomic mass is 79.9. The van der Waals surface area contributed by atoms with Crippen LogP contribution in [0.4, 0.5) is 23.1 Å². The molecular formula is C24H23BrN9O4P. The van der Waals surface area contributed by atoms with E-state index in [0.717, 1.165) is 0 Å². The largest absolute Gasteiger partial charge is 0.494 e. The molecule has 200 valence electrons. The van der Waals surface area contributed by atoms with E-state index in [1.165, 1.54) is 37.3 Å². The Balaban J connectivity index is 1.52. The van der Waals surface area contributed by atoms with Crippen molar-refractivity contribution in [1.82, 2.24) is 34.3 Å². The first kappa shape index (κ1) is 26.3. The van der Waals surface area contributed by atoms with Gasteiger partial charge in [-0.15, -0.1) is 0 Å². The number of ether oxygens (including phenoxy) is 1. The van der Waals surface area contributed by atoms with Gasteiger partial charge in [-0.2, -0.15) is 10.1 Å². The quantitative estimate of drug-likeness (QED) is 0.239. The van der Waals surface area contributed by atoms with Gasteiger partial charge in [0.2, 0.25) is 13.3 Å². The van der Waals surface area contributed by atoms with Gasteiger partial charge >= 0.3 is 0 Å². The van der Waals surface area contributed by atoms with E-state index >= 15 is 0 Å². The van der Waals surface area contributed by atoms with Crippen LogP contribution in [0.3, 0.4) is 0 Å². The number of nitrogens with zero attached hydrogens (tertiary/aromatic N) is 7. The molecule has 0 saturated heterocycles. The van der Waals surface area contributed by atoms with Crippen LogP contribution in [0.5, 0.6) is 11.5 Å². The highest BCUT2D eigenvalue weighted by molar-refractivity contribution is 9.10. The second kappa shape index (κ2) is 10.5. The zero-order valence-corrected chi connectivity index (χ0v) is 23.8. The van der Waals surface area contributed by atoms with E-state index < -0.39 is 7.37 Å². The number of anilines is 4. The molecule has 0 unspecified atom stereocenters. The summed E-state index contributed by atoms with van der Waals surface area (Å²) in [5.41, 5.74) is 2.28. The van der Waals surface area contributed by atoms with Crippen LogP contribution in [0.25, 0.3) is 16.7 Å². The zero-order valence-electron chi connectivity index (χ0n) is 21.3. The number of methoxy groups -OCH3 is 1. The minimum absolute atomic E-state index is 0.218. The third-order valence-corrected chi connectivity index (χ3v) is 6.56. The topological polar surface area (TPSA) is 151 Å². The first-order valence-electron chi connectivity index (χ1n) is 11.5. The maximum atomic E-state index is 12.7. The van der Waals surface area contributed by atoms with E-state index in [-0.39, 0.29) is 11.5 Å². The van der Waals surface area contributed by atoms with E-state index in [4.69, 9.17) is 9.26 Å². The number of aryl methyl sites for hydroxylation is 1. The number of rotatable bonds is 8. The summed E-state index contributed by atoms with van der Waals surface area (Å²) in [6, 6.07) is 4.88. The van der Waals surface area contributed by atoms with E-state index in [1.807, 2.05) is 0 Å². The van der Waals surface area contributed by atoms with Crippen LogP contribution in [-0.2, 0) is 11.6 Å². The van der Waals surface area contributed by atoms with Crippen LogP contribution < -0.4 is 25.5 Å². The monoisotopic (exact) mass is 611 g/mol. The summed E-state index contributed by atoms with van der Waals surface area (Å²) in [5, 5.41) is 10.5. The van der Waals surface area contributed by atoms with Crippen molar-refractivity contribution in [1.29, 1.82) is 0 Å². The molecule has 0 radical (unpaired) electrons. The maximum absolute atomic E-state index is 12.7. The van der Waals surface area contributed by atoms with Crippen LogP contribution in [0, 0.1) is 0 Å². The Hall–Kier alpha value is -4.29. The lowest BCUT2D eigenvalue weighted by molar-refractivity contribution is 0.415. The van der Waals surface area contributed by atoms with Crippen molar-refractivity contribution < 1.29 is 13.8 Å². The molecule has 0 spiro atoms. The summed E-state index contributed by atoms with van der Waals surface area (Å²) in [5.74, 6) is 1.21. The summed E-state index contributed by atoms with van der Waals surface area (Å²) >= 11 is 3.47. The summed E-state index contributed by atoms with van der Waals surface area (Å²) in [6.07, 6.45) is 9.55. The first-order valence-corrected chi connectivity index (χ1v) is 14.8. The van der Waals surface area contributed by atoms with Crippen molar-refractivity contribution in [3.8, 4) is 17.2 Å². The van der Waals surface area contributed by atoms with Crippen molar-refractivity contribution in [2.24, 2.45) is 7.05 Å². The maximum Gasteiger partial charge on any atom is 0.259 e. The Morgan fingerprint density at radius 3 is 2.54 bits per heavy atom. The molecule has 13 nitrogen and oxygen atoms in total. The molecule has 0 saturated carbocycles. The molecule has 0 amide bonds. The fourth-order valence-corrected chi connectivity index (χ4v) is 4.61. The smallest absolute Gasteiger partial charge is 0.259 e. The second-order valence-electron chi connectivity index (χ2n) is 8.69. The van der Waals surface area contributed by atoms with E-state index in [2.05, 4.69) is 51.6 Å². The molecule has 0 bridgehead atoms. The number of hydrogen-bond acceptors (Lipinski definition) is 11. The third-order valence-electron chi connectivity index (χ3n) is 5.35. The minimum Gasteiger partial charge on any atom is -0.494 e. The van der Waals surface area contributed by atoms with Crippen molar-refractivity contribution in [2.75, 3.05) is 31.1 Å². The SMILES string of the molecule is COc1cc(=O)n(-c2cnn(C)c2)cc1Nc1ncc(Br)c(Nc2ccc3nccnc3c2OP(C)(C)=O)n1. The Morgan fingerprint density at radius 1 is 1.03 bits per heavy atom. The Labute approximate surface area is 230 Å². The number of hydrogen-bond donors (Lipinski definition) is 2. The molecule has 4 heterocycles. The lowest BCUT2D eigenvalue weighted by Gasteiger charge is -2.18. The molecule has 5 aromatic rings. The molecule has 39 heavy (non-hydrogen) atoms. The van der Waals surface area contributed by atoms with Crippen LogP contribution in [0.15, 0.2) is 64.6 Å². The van der Waals surface area contributed by atoms with Crippen molar-refractivity contribution >= 4 is 57.5 Å². The first-order chi connectivity index (χ1) is 18.6. The van der Waals surface area contributed by atoms with E-state index in [9.17, 15) is 9.36 Å². The van der Waals surface area contributed by atoms with E-state index in [0.29, 0.717) is 49.9 Å². The molecule has 0 aliphatic rings. The number of aromatic nitrogens is 7. The van der Waals surface area contributed by atoms with Gasteiger partial charge in [-0.05, 0) is 28.1 Å². The molecule has 1 aromatic carbocycles. The van der Waals surface area contributed by atoms with Crippen LogP contribution >= 0.6 is 23.3 Å². The molecule has 0 atom stereocenters. The average Bonchev–Trinajstić information content (AvgIpc) is 3.33. The van der Waals surface area contributed by atoms with Gasteiger partial charge < -0.3 is 19.9 Å².